The molecular formula is C11H15BrN2O2S. The number of para-hydroxylation sites is 1. The molecule has 1 atom stereocenters. The Bertz CT molecular complexity index is 504. The zero-order chi connectivity index (χ0) is 12.5. The fourth-order valence-electron chi connectivity index (χ4n) is 1.99. The van der Waals surface area contributed by atoms with Crippen molar-refractivity contribution in [3.63, 3.8) is 0 Å². The smallest absolute Gasteiger partial charge is 0.236 e. The molecule has 1 N–H and O–H groups in total. The van der Waals surface area contributed by atoms with Crippen molar-refractivity contribution < 1.29 is 8.42 Å². The van der Waals surface area contributed by atoms with E-state index >= 15 is 0 Å². The molecule has 0 spiro atoms. The zero-order valence-electron chi connectivity index (χ0n) is 9.56. The molecule has 1 fully saturated rings. The van der Waals surface area contributed by atoms with Gasteiger partial charge in [0.25, 0.3) is 0 Å². The highest BCUT2D eigenvalue weighted by Crippen LogP contribution is 2.30. The van der Waals surface area contributed by atoms with Crippen molar-refractivity contribution in [3.05, 3.63) is 28.7 Å². The summed E-state index contributed by atoms with van der Waals surface area (Å²) in [6.07, 6.45) is 0. The summed E-state index contributed by atoms with van der Waals surface area (Å²) >= 11 is 3.41. The van der Waals surface area contributed by atoms with Crippen LogP contribution >= 0.6 is 15.9 Å². The molecule has 0 bridgehead atoms. The van der Waals surface area contributed by atoms with Gasteiger partial charge in [-0.25, -0.2) is 8.42 Å². The molecule has 0 aromatic heterocycles. The lowest BCUT2D eigenvalue weighted by Gasteiger charge is -2.28. The average Bonchev–Trinajstić information content (AvgIpc) is 2.39. The summed E-state index contributed by atoms with van der Waals surface area (Å²) < 4.78 is 26.8. The van der Waals surface area contributed by atoms with Gasteiger partial charge in [-0.1, -0.05) is 12.1 Å². The number of anilines is 1. The van der Waals surface area contributed by atoms with Crippen molar-refractivity contribution >= 4 is 31.6 Å². The van der Waals surface area contributed by atoms with Gasteiger partial charge in [0, 0.05) is 17.6 Å². The third-order valence-corrected chi connectivity index (χ3v) is 5.31. The maximum absolute atomic E-state index is 12.2. The van der Waals surface area contributed by atoms with Crippen LogP contribution in [0.15, 0.2) is 28.7 Å². The second-order valence-electron chi connectivity index (χ2n) is 4.12. The van der Waals surface area contributed by atoms with Crippen LogP contribution in [-0.4, -0.2) is 33.3 Å². The molecule has 1 aliphatic rings. The van der Waals surface area contributed by atoms with Crippen molar-refractivity contribution in [1.29, 1.82) is 0 Å². The minimum atomic E-state index is -3.24. The first-order chi connectivity index (χ1) is 8.02. The maximum atomic E-state index is 12.2. The van der Waals surface area contributed by atoms with Crippen LogP contribution in [-0.2, 0) is 10.0 Å². The van der Waals surface area contributed by atoms with Crippen LogP contribution in [0.2, 0.25) is 0 Å². The second-order valence-corrected chi connectivity index (χ2v) is 6.94. The summed E-state index contributed by atoms with van der Waals surface area (Å²) in [6.45, 7) is 3.09. The van der Waals surface area contributed by atoms with E-state index in [1.165, 1.54) is 4.31 Å². The van der Waals surface area contributed by atoms with Crippen LogP contribution in [0.5, 0.6) is 0 Å². The summed E-state index contributed by atoms with van der Waals surface area (Å²) in [7, 11) is -3.24. The molecule has 94 valence electrons. The lowest BCUT2D eigenvalue weighted by molar-refractivity contribution is 0.585. The van der Waals surface area contributed by atoms with Crippen LogP contribution in [0.1, 0.15) is 6.92 Å². The van der Waals surface area contributed by atoms with Crippen LogP contribution in [0.25, 0.3) is 0 Å². The van der Waals surface area contributed by atoms with E-state index in [4.69, 9.17) is 0 Å². The molecule has 1 unspecified atom stereocenters. The maximum Gasteiger partial charge on any atom is 0.236 e. The van der Waals surface area contributed by atoms with Crippen LogP contribution in [0.3, 0.4) is 0 Å². The van der Waals surface area contributed by atoms with Crippen LogP contribution < -0.4 is 9.62 Å². The van der Waals surface area contributed by atoms with Crippen molar-refractivity contribution in [1.82, 2.24) is 5.32 Å². The average molecular weight is 319 g/mol. The van der Waals surface area contributed by atoms with E-state index in [1.54, 1.807) is 0 Å². The van der Waals surface area contributed by atoms with Gasteiger partial charge in [0.2, 0.25) is 10.0 Å². The van der Waals surface area contributed by atoms with E-state index in [1.807, 2.05) is 31.2 Å². The van der Waals surface area contributed by atoms with Gasteiger partial charge >= 0.3 is 0 Å². The number of nitrogens with one attached hydrogen (secondary N) is 1. The third-order valence-electron chi connectivity index (χ3n) is 2.77. The highest BCUT2D eigenvalue weighted by atomic mass is 79.9. The topological polar surface area (TPSA) is 49.4 Å². The van der Waals surface area contributed by atoms with E-state index in [0.717, 1.165) is 4.47 Å². The molecule has 6 heteroatoms. The Morgan fingerprint density at radius 1 is 1.41 bits per heavy atom. The van der Waals surface area contributed by atoms with Gasteiger partial charge < -0.3 is 5.32 Å². The molecule has 1 saturated heterocycles. The third kappa shape index (κ3) is 2.64. The first-order valence-corrected chi connectivity index (χ1v) is 7.90. The molecule has 0 aliphatic carbocycles. The van der Waals surface area contributed by atoms with E-state index in [2.05, 4.69) is 21.2 Å². The van der Waals surface area contributed by atoms with Crippen molar-refractivity contribution in [3.8, 4) is 0 Å². The van der Waals surface area contributed by atoms with Gasteiger partial charge in [-0.15, -0.1) is 0 Å². The number of rotatable bonds is 1. The Kier molecular flexibility index (Phi) is 3.75. The van der Waals surface area contributed by atoms with Gasteiger partial charge in [-0.3, -0.25) is 4.31 Å². The molecule has 1 aromatic rings. The number of hydrogen-bond donors (Lipinski definition) is 1. The molecule has 2 rings (SSSR count). The van der Waals surface area contributed by atoms with Crippen molar-refractivity contribution in [2.75, 3.05) is 23.1 Å². The largest absolute Gasteiger partial charge is 0.314 e. The Hall–Kier alpha value is -0.590. The number of nitrogens with zero attached hydrogens (tertiary/aromatic N) is 1. The summed E-state index contributed by atoms with van der Waals surface area (Å²) in [5, 5.41) is 3.14. The fraction of sp³-hybridized carbons (Fsp3) is 0.455. The van der Waals surface area contributed by atoms with E-state index < -0.39 is 10.0 Å². The first-order valence-electron chi connectivity index (χ1n) is 5.50. The molecule has 0 saturated carbocycles. The lowest BCUT2D eigenvalue weighted by atomic mass is 10.2. The Balaban J connectivity index is 2.50. The SMILES string of the molecule is CC1CNCCS(=O)(=O)N1c1ccccc1Br. The molecular weight excluding hydrogens is 304 g/mol. The molecule has 1 aromatic carbocycles. The van der Waals surface area contributed by atoms with Crippen LogP contribution in [0.4, 0.5) is 5.69 Å². The molecule has 17 heavy (non-hydrogen) atoms. The molecule has 4 nitrogen and oxygen atoms in total. The highest BCUT2D eigenvalue weighted by Gasteiger charge is 2.30. The Morgan fingerprint density at radius 3 is 2.82 bits per heavy atom. The van der Waals surface area contributed by atoms with E-state index in [9.17, 15) is 8.42 Å². The molecule has 0 amide bonds. The standard InChI is InChI=1S/C11H15BrN2O2S/c1-9-8-13-6-7-17(15,16)14(9)11-5-3-2-4-10(11)12/h2-5,9,13H,6-8H2,1H3. The second kappa shape index (κ2) is 4.96. The number of benzene rings is 1. The van der Waals surface area contributed by atoms with Crippen molar-refractivity contribution in [2.24, 2.45) is 0 Å². The summed E-state index contributed by atoms with van der Waals surface area (Å²) in [6, 6.07) is 7.32. The normalized spacial score (nSPS) is 24.4. The number of sulfonamides is 1. The predicted molar refractivity (Wildman–Crippen MR) is 72.7 cm³/mol. The van der Waals surface area contributed by atoms with Gasteiger partial charge in [0.15, 0.2) is 0 Å². The summed E-state index contributed by atoms with van der Waals surface area (Å²) in [4.78, 5) is 0. The molecule has 0 radical (unpaired) electrons. The number of halogens is 1. The van der Waals surface area contributed by atoms with Crippen molar-refractivity contribution in [2.45, 2.75) is 13.0 Å². The number of hydrogen-bond acceptors (Lipinski definition) is 3. The molecule has 1 aliphatic heterocycles. The minimum Gasteiger partial charge on any atom is -0.314 e. The lowest BCUT2D eigenvalue weighted by Crippen LogP contribution is -2.41. The van der Waals surface area contributed by atoms with Crippen LogP contribution in [0, 0.1) is 0 Å². The summed E-state index contributed by atoms with van der Waals surface area (Å²) in [5.74, 6) is 0.138. The quantitative estimate of drug-likeness (QED) is 0.855. The fourth-order valence-corrected chi connectivity index (χ4v) is 4.26. The zero-order valence-corrected chi connectivity index (χ0v) is 12.0. The van der Waals surface area contributed by atoms with E-state index in [-0.39, 0.29) is 11.8 Å². The summed E-state index contributed by atoms with van der Waals surface area (Å²) in [5.41, 5.74) is 0.712. The predicted octanol–water partition coefficient (Wildman–Crippen LogP) is 1.58. The minimum absolute atomic E-state index is 0.0822. The Labute approximate surface area is 110 Å². The van der Waals surface area contributed by atoms with Gasteiger partial charge in [0.05, 0.1) is 17.5 Å². The van der Waals surface area contributed by atoms with E-state index in [0.29, 0.717) is 18.8 Å². The van der Waals surface area contributed by atoms with Gasteiger partial charge in [-0.05, 0) is 35.0 Å². The van der Waals surface area contributed by atoms with Gasteiger partial charge in [-0.2, -0.15) is 0 Å². The van der Waals surface area contributed by atoms with Gasteiger partial charge in [0.1, 0.15) is 0 Å². The molecule has 1 heterocycles. The highest BCUT2D eigenvalue weighted by molar-refractivity contribution is 9.10. The monoisotopic (exact) mass is 318 g/mol. The Morgan fingerprint density at radius 2 is 2.12 bits per heavy atom. The first kappa shape index (κ1) is 12.9.